The van der Waals surface area contributed by atoms with E-state index in [2.05, 4.69) is 25.7 Å². The fourth-order valence-corrected chi connectivity index (χ4v) is 3.91. The molecule has 0 bridgehead atoms. The summed E-state index contributed by atoms with van der Waals surface area (Å²) in [5, 5.41) is 9.80. The number of carbonyl (C=O) groups excluding carboxylic acids is 1. The number of carbonyl (C=O) groups is 1. The van der Waals surface area contributed by atoms with Crippen molar-refractivity contribution >= 4 is 34.5 Å². The number of pyridine rings is 1. The zero-order chi connectivity index (χ0) is 26.3. The molecular formula is C25H20F2N8O2. The summed E-state index contributed by atoms with van der Waals surface area (Å²) >= 11 is 0. The Hall–Kier alpha value is -5.13. The number of benzene rings is 2. The Labute approximate surface area is 208 Å². The predicted octanol–water partition coefficient (Wildman–Crippen LogP) is 3.90. The van der Waals surface area contributed by atoms with Gasteiger partial charge >= 0.3 is 6.03 Å². The fourth-order valence-electron chi connectivity index (χ4n) is 3.91. The molecule has 0 aliphatic rings. The average Bonchev–Trinajstić information content (AvgIpc) is 3.23. The van der Waals surface area contributed by atoms with E-state index in [1.807, 2.05) is 0 Å². The van der Waals surface area contributed by atoms with Gasteiger partial charge < -0.3 is 11.1 Å². The summed E-state index contributed by atoms with van der Waals surface area (Å²) in [5.41, 5.74) is 6.67. The summed E-state index contributed by atoms with van der Waals surface area (Å²) in [6.07, 6.45) is 1.49. The second kappa shape index (κ2) is 9.15. The molecule has 0 spiro atoms. The van der Waals surface area contributed by atoms with Crippen LogP contribution >= 0.6 is 0 Å². The molecule has 2 amide bonds. The molecule has 3 heterocycles. The molecule has 12 heteroatoms. The monoisotopic (exact) mass is 502 g/mol. The van der Waals surface area contributed by atoms with Crippen LogP contribution in [0.3, 0.4) is 0 Å². The van der Waals surface area contributed by atoms with Crippen LogP contribution in [-0.2, 0) is 14.1 Å². The highest BCUT2D eigenvalue weighted by molar-refractivity contribution is 6.00. The topological polar surface area (TPSA) is 133 Å². The number of halogens is 2. The van der Waals surface area contributed by atoms with E-state index in [0.29, 0.717) is 22.3 Å². The minimum atomic E-state index is -0.755. The molecule has 186 valence electrons. The predicted molar refractivity (Wildman–Crippen MR) is 136 cm³/mol. The highest BCUT2D eigenvalue weighted by Gasteiger charge is 2.16. The number of anilines is 3. The van der Waals surface area contributed by atoms with E-state index >= 15 is 0 Å². The van der Waals surface area contributed by atoms with E-state index in [1.54, 1.807) is 38.4 Å². The number of amides is 2. The lowest BCUT2D eigenvalue weighted by atomic mass is 10.1. The molecule has 0 fully saturated rings. The first kappa shape index (κ1) is 23.6. The van der Waals surface area contributed by atoms with Gasteiger partial charge in [0.25, 0.3) is 5.56 Å². The lowest BCUT2D eigenvalue weighted by molar-refractivity contribution is 0.262. The van der Waals surface area contributed by atoms with Crippen molar-refractivity contribution in [3.63, 3.8) is 0 Å². The van der Waals surface area contributed by atoms with Crippen LogP contribution in [0.5, 0.6) is 0 Å². The van der Waals surface area contributed by atoms with Crippen molar-refractivity contribution in [2.24, 2.45) is 14.1 Å². The van der Waals surface area contributed by atoms with Gasteiger partial charge in [0.2, 0.25) is 5.95 Å². The number of rotatable bonds is 4. The van der Waals surface area contributed by atoms with Crippen LogP contribution in [0, 0.1) is 11.6 Å². The third kappa shape index (κ3) is 4.47. The van der Waals surface area contributed by atoms with Gasteiger partial charge in [-0.25, -0.2) is 18.6 Å². The first-order chi connectivity index (χ1) is 17.7. The Morgan fingerprint density at radius 3 is 2.54 bits per heavy atom. The number of aromatic nitrogens is 5. The summed E-state index contributed by atoms with van der Waals surface area (Å²) in [6, 6.07) is 12.4. The van der Waals surface area contributed by atoms with Crippen LogP contribution in [0.1, 0.15) is 0 Å². The number of fused-ring (bicyclic) bond motifs is 1. The number of urea groups is 1. The molecule has 0 radical (unpaired) electrons. The van der Waals surface area contributed by atoms with E-state index in [0.717, 1.165) is 6.07 Å². The van der Waals surface area contributed by atoms with Crippen molar-refractivity contribution < 1.29 is 13.6 Å². The zero-order valence-electron chi connectivity index (χ0n) is 19.7. The molecule has 0 saturated heterocycles. The second-order valence-corrected chi connectivity index (χ2v) is 8.22. The number of aryl methyl sites for hydroxylation is 2. The van der Waals surface area contributed by atoms with Crippen molar-refractivity contribution in [2.75, 3.05) is 16.4 Å². The molecule has 0 saturated carbocycles. The van der Waals surface area contributed by atoms with Gasteiger partial charge in [-0.3, -0.25) is 19.4 Å². The van der Waals surface area contributed by atoms with Gasteiger partial charge in [0.15, 0.2) is 0 Å². The second-order valence-electron chi connectivity index (χ2n) is 8.22. The molecule has 10 nitrogen and oxygen atoms in total. The summed E-state index contributed by atoms with van der Waals surface area (Å²) in [6.45, 7) is 0. The smallest absolute Gasteiger partial charge is 0.324 e. The first-order valence-corrected chi connectivity index (χ1v) is 11.0. The SMILES string of the molecule is Cn1nc(-c2ccccc2F)cc1NC(=O)Nc1cc(-c2cc3cnc(N)nc3n(C)c2=O)ccc1F. The first-order valence-electron chi connectivity index (χ1n) is 11.0. The van der Waals surface area contributed by atoms with E-state index < -0.39 is 17.7 Å². The molecule has 0 aliphatic heterocycles. The zero-order valence-corrected chi connectivity index (χ0v) is 19.7. The summed E-state index contributed by atoms with van der Waals surface area (Å²) in [7, 11) is 3.12. The molecule has 3 aromatic heterocycles. The van der Waals surface area contributed by atoms with Crippen LogP contribution in [0.4, 0.5) is 31.0 Å². The van der Waals surface area contributed by atoms with E-state index in [9.17, 15) is 18.4 Å². The average molecular weight is 502 g/mol. The lowest BCUT2D eigenvalue weighted by Crippen LogP contribution is -2.22. The third-order valence-electron chi connectivity index (χ3n) is 5.76. The Balaban J connectivity index is 1.42. The number of hydrogen-bond acceptors (Lipinski definition) is 6. The van der Waals surface area contributed by atoms with Crippen molar-refractivity contribution in [3.05, 3.63) is 82.8 Å². The maximum absolute atomic E-state index is 14.6. The molecular weight excluding hydrogens is 482 g/mol. The standard InChI is InChI=1S/C25H20F2N8O2/c1-34-22-14(12-29-24(28)32-22)9-16(23(34)36)13-7-8-18(27)20(10-13)30-25(37)31-21-11-19(33-35(21)2)15-5-3-4-6-17(15)26/h3-12H,1-2H3,(H2,28,29,32)(H2,30,31,37). The van der Waals surface area contributed by atoms with Crippen LogP contribution in [-0.4, -0.2) is 30.3 Å². The lowest BCUT2D eigenvalue weighted by Gasteiger charge is -2.12. The van der Waals surface area contributed by atoms with E-state index in [4.69, 9.17) is 5.73 Å². The van der Waals surface area contributed by atoms with Crippen molar-refractivity contribution in [1.29, 1.82) is 0 Å². The molecule has 2 aromatic carbocycles. The number of nitrogens with zero attached hydrogens (tertiary/aromatic N) is 5. The molecule has 0 aliphatic carbocycles. The minimum Gasteiger partial charge on any atom is -0.368 e. The molecule has 0 unspecified atom stereocenters. The van der Waals surface area contributed by atoms with Crippen molar-refractivity contribution in [3.8, 4) is 22.4 Å². The number of nitrogens with two attached hydrogens (primary N) is 1. The molecule has 37 heavy (non-hydrogen) atoms. The molecule has 0 atom stereocenters. The molecule has 4 N–H and O–H groups in total. The largest absolute Gasteiger partial charge is 0.368 e. The molecule has 5 aromatic rings. The maximum Gasteiger partial charge on any atom is 0.324 e. The van der Waals surface area contributed by atoms with E-state index in [-0.39, 0.29) is 34.1 Å². The van der Waals surface area contributed by atoms with Gasteiger partial charge in [0.1, 0.15) is 23.1 Å². The Morgan fingerprint density at radius 2 is 1.76 bits per heavy atom. The Morgan fingerprint density at radius 1 is 0.973 bits per heavy atom. The summed E-state index contributed by atoms with van der Waals surface area (Å²) < 4.78 is 31.4. The van der Waals surface area contributed by atoms with Gasteiger partial charge in [0.05, 0.1) is 11.4 Å². The quantitative estimate of drug-likeness (QED) is 0.341. The van der Waals surface area contributed by atoms with Crippen LogP contribution in [0.25, 0.3) is 33.4 Å². The van der Waals surface area contributed by atoms with Crippen LogP contribution < -0.4 is 21.9 Å². The summed E-state index contributed by atoms with van der Waals surface area (Å²) in [5.74, 6) is -0.867. The van der Waals surface area contributed by atoms with Gasteiger partial charge in [-0.1, -0.05) is 18.2 Å². The number of nitrogens with one attached hydrogen (secondary N) is 2. The van der Waals surface area contributed by atoms with Crippen LogP contribution in [0.15, 0.2) is 65.6 Å². The number of hydrogen-bond donors (Lipinski definition) is 3. The third-order valence-corrected chi connectivity index (χ3v) is 5.76. The van der Waals surface area contributed by atoms with E-state index in [1.165, 1.54) is 39.7 Å². The number of nitrogen functional groups attached to an aromatic ring is 1. The van der Waals surface area contributed by atoms with Crippen molar-refractivity contribution in [2.45, 2.75) is 0 Å². The van der Waals surface area contributed by atoms with Crippen LogP contribution in [0.2, 0.25) is 0 Å². The van der Waals surface area contributed by atoms with Gasteiger partial charge in [-0.15, -0.1) is 0 Å². The van der Waals surface area contributed by atoms with Gasteiger partial charge in [-0.05, 0) is 35.9 Å². The molecule has 5 rings (SSSR count). The highest BCUT2D eigenvalue weighted by atomic mass is 19.1. The summed E-state index contributed by atoms with van der Waals surface area (Å²) in [4.78, 5) is 33.7. The maximum atomic E-state index is 14.6. The highest BCUT2D eigenvalue weighted by Crippen LogP contribution is 2.26. The van der Waals surface area contributed by atoms with Gasteiger partial charge in [-0.2, -0.15) is 10.1 Å². The Bertz CT molecular complexity index is 1750. The van der Waals surface area contributed by atoms with Gasteiger partial charge in [0, 0.05) is 42.9 Å². The van der Waals surface area contributed by atoms with Crippen molar-refractivity contribution in [1.82, 2.24) is 24.3 Å². The minimum absolute atomic E-state index is 0.0315. The Kier molecular flexibility index (Phi) is 5.84. The fraction of sp³-hybridized carbons (Fsp3) is 0.0800. The normalized spacial score (nSPS) is 11.0.